The predicted molar refractivity (Wildman–Crippen MR) is 75.4 cm³/mol. The highest BCUT2D eigenvalue weighted by atomic mass is 16.2. The van der Waals surface area contributed by atoms with E-state index in [9.17, 15) is 9.59 Å². The molecule has 1 aliphatic rings. The maximum atomic E-state index is 12.1. The second-order valence-corrected chi connectivity index (χ2v) is 5.11. The number of aromatic nitrogens is 2. The number of carbonyl (C=O) groups is 2. The number of likely N-dealkylation sites (tertiary alicyclic amines) is 1. The van der Waals surface area contributed by atoms with Crippen molar-refractivity contribution in [2.45, 2.75) is 39.7 Å². The molecule has 1 fully saturated rings. The van der Waals surface area contributed by atoms with Crippen LogP contribution in [-0.4, -0.2) is 46.1 Å². The molecule has 0 spiro atoms. The van der Waals surface area contributed by atoms with Gasteiger partial charge in [-0.25, -0.2) is 0 Å². The molecule has 1 N–H and O–H groups in total. The maximum absolute atomic E-state index is 12.1. The van der Waals surface area contributed by atoms with Crippen molar-refractivity contribution in [3.63, 3.8) is 0 Å². The van der Waals surface area contributed by atoms with Crippen LogP contribution < -0.4 is 5.32 Å². The van der Waals surface area contributed by atoms with Crippen LogP contribution in [0.5, 0.6) is 0 Å². The first-order chi connectivity index (χ1) is 9.61. The summed E-state index contributed by atoms with van der Waals surface area (Å²) in [5.74, 6) is -0.241. The van der Waals surface area contributed by atoms with Gasteiger partial charge in [-0.05, 0) is 39.2 Å². The fourth-order valence-electron chi connectivity index (χ4n) is 2.47. The molecular formula is C14H22N4O2. The van der Waals surface area contributed by atoms with Gasteiger partial charge in [-0.3, -0.25) is 14.3 Å². The van der Waals surface area contributed by atoms with E-state index >= 15 is 0 Å². The van der Waals surface area contributed by atoms with Crippen molar-refractivity contribution in [3.8, 4) is 0 Å². The molecule has 1 aromatic rings. The molecule has 0 saturated carbocycles. The first-order valence-corrected chi connectivity index (χ1v) is 7.22. The van der Waals surface area contributed by atoms with Crippen LogP contribution in [0.3, 0.4) is 0 Å². The zero-order valence-electron chi connectivity index (χ0n) is 12.2. The van der Waals surface area contributed by atoms with Gasteiger partial charge >= 0.3 is 0 Å². The summed E-state index contributed by atoms with van der Waals surface area (Å²) < 4.78 is 1.65. The van der Waals surface area contributed by atoms with E-state index in [2.05, 4.69) is 10.4 Å². The minimum atomic E-state index is -0.238. The van der Waals surface area contributed by atoms with Gasteiger partial charge in [-0.15, -0.1) is 0 Å². The van der Waals surface area contributed by atoms with Crippen molar-refractivity contribution >= 4 is 11.8 Å². The van der Waals surface area contributed by atoms with Gasteiger partial charge in [0.2, 0.25) is 5.91 Å². The Morgan fingerprint density at radius 2 is 2.00 bits per heavy atom. The van der Waals surface area contributed by atoms with Crippen molar-refractivity contribution in [1.82, 2.24) is 20.0 Å². The lowest BCUT2D eigenvalue weighted by Crippen LogP contribution is -2.42. The van der Waals surface area contributed by atoms with E-state index in [0.717, 1.165) is 31.6 Å². The monoisotopic (exact) mass is 278 g/mol. The number of hydrogen-bond donors (Lipinski definition) is 1. The van der Waals surface area contributed by atoms with Crippen molar-refractivity contribution in [2.75, 3.05) is 19.6 Å². The van der Waals surface area contributed by atoms with Gasteiger partial charge in [0.1, 0.15) is 5.69 Å². The highest BCUT2D eigenvalue weighted by Crippen LogP contribution is 2.08. The first-order valence-electron chi connectivity index (χ1n) is 7.22. The number of piperidine rings is 1. The van der Waals surface area contributed by atoms with Crippen molar-refractivity contribution in [1.29, 1.82) is 0 Å². The molecule has 1 aliphatic heterocycles. The summed E-state index contributed by atoms with van der Waals surface area (Å²) >= 11 is 0. The molecule has 2 heterocycles. The van der Waals surface area contributed by atoms with Crippen LogP contribution in [0.25, 0.3) is 0 Å². The summed E-state index contributed by atoms with van der Waals surface area (Å²) in [6, 6.07) is 1.74. The first kappa shape index (κ1) is 14.6. The van der Waals surface area contributed by atoms with Crippen LogP contribution in [0.2, 0.25) is 0 Å². The lowest BCUT2D eigenvalue weighted by molar-refractivity contribution is -0.130. The molecule has 0 bridgehead atoms. The van der Waals surface area contributed by atoms with Gasteiger partial charge in [0.25, 0.3) is 5.91 Å². The number of amides is 2. The minimum Gasteiger partial charge on any atom is -0.342 e. The second-order valence-electron chi connectivity index (χ2n) is 5.11. The third kappa shape index (κ3) is 3.37. The predicted octanol–water partition coefficient (Wildman–Crippen LogP) is 0.954. The molecular weight excluding hydrogens is 256 g/mol. The quantitative estimate of drug-likeness (QED) is 0.892. The van der Waals surface area contributed by atoms with Crippen LogP contribution in [0, 0.1) is 6.92 Å². The number of carbonyl (C=O) groups excluding carboxylic acids is 2. The molecule has 6 heteroatoms. The Hall–Kier alpha value is -1.85. The molecule has 0 aromatic carbocycles. The Morgan fingerprint density at radius 3 is 2.65 bits per heavy atom. The van der Waals surface area contributed by atoms with Crippen LogP contribution in [0.4, 0.5) is 0 Å². The SMILES string of the molecule is CCn1nc(C)cc1C(=O)NCC(=O)N1CCCCC1. The third-order valence-electron chi connectivity index (χ3n) is 3.54. The number of aryl methyl sites for hydroxylation is 2. The molecule has 1 saturated heterocycles. The van der Waals surface area contributed by atoms with E-state index < -0.39 is 0 Å². The molecule has 110 valence electrons. The van der Waals surface area contributed by atoms with Gasteiger partial charge < -0.3 is 10.2 Å². The average molecular weight is 278 g/mol. The van der Waals surface area contributed by atoms with E-state index in [-0.39, 0.29) is 18.4 Å². The zero-order valence-corrected chi connectivity index (χ0v) is 12.2. The molecule has 2 amide bonds. The molecule has 0 aliphatic carbocycles. The Balaban J connectivity index is 1.89. The van der Waals surface area contributed by atoms with E-state index in [0.29, 0.717) is 12.2 Å². The highest BCUT2D eigenvalue weighted by molar-refractivity contribution is 5.95. The van der Waals surface area contributed by atoms with E-state index in [1.165, 1.54) is 6.42 Å². The molecule has 1 aromatic heterocycles. The normalized spacial score (nSPS) is 15.2. The Labute approximate surface area is 119 Å². The standard InChI is InChI=1S/C14H22N4O2/c1-3-18-12(9-11(2)16-18)14(20)15-10-13(19)17-7-5-4-6-8-17/h9H,3-8,10H2,1-2H3,(H,15,20). The number of nitrogens with zero attached hydrogens (tertiary/aromatic N) is 3. The van der Waals surface area contributed by atoms with Crippen LogP contribution in [0.15, 0.2) is 6.07 Å². The molecule has 2 rings (SSSR count). The van der Waals surface area contributed by atoms with Gasteiger partial charge in [-0.1, -0.05) is 0 Å². The molecule has 0 atom stereocenters. The maximum Gasteiger partial charge on any atom is 0.269 e. The van der Waals surface area contributed by atoms with Gasteiger partial charge in [0.05, 0.1) is 12.2 Å². The van der Waals surface area contributed by atoms with Crippen LogP contribution in [-0.2, 0) is 11.3 Å². The summed E-state index contributed by atoms with van der Waals surface area (Å²) in [4.78, 5) is 25.9. The lowest BCUT2D eigenvalue weighted by Gasteiger charge is -2.26. The minimum absolute atomic E-state index is 0.00247. The molecule has 0 radical (unpaired) electrons. The molecule has 20 heavy (non-hydrogen) atoms. The van der Waals surface area contributed by atoms with Gasteiger partial charge in [0, 0.05) is 19.6 Å². The van der Waals surface area contributed by atoms with Crippen molar-refractivity contribution in [3.05, 3.63) is 17.5 Å². The Bertz CT molecular complexity index is 489. The summed E-state index contributed by atoms with van der Waals surface area (Å²) in [5.41, 5.74) is 1.32. The number of nitrogens with one attached hydrogen (secondary N) is 1. The molecule has 6 nitrogen and oxygen atoms in total. The van der Waals surface area contributed by atoms with Gasteiger partial charge in [-0.2, -0.15) is 5.10 Å². The van der Waals surface area contributed by atoms with E-state index in [1.807, 2.05) is 18.7 Å². The number of rotatable bonds is 4. The second kappa shape index (κ2) is 6.54. The van der Waals surface area contributed by atoms with Gasteiger partial charge in [0.15, 0.2) is 0 Å². The average Bonchev–Trinajstić information content (AvgIpc) is 2.86. The molecule has 0 unspecified atom stereocenters. The lowest BCUT2D eigenvalue weighted by atomic mass is 10.1. The summed E-state index contributed by atoms with van der Waals surface area (Å²) in [6.07, 6.45) is 3.30. The smallest absolute Gasteiger partial charge is 0.269 e. The zero-order chi connectivity index (χ0) is 14.5. The van der Waals surface area contributed by atoms with Crippen molar-refractivity contribution < 1.29 is 9.59 Å². The fraction of sp³-hybridized carbons (Fsp3) is 0.643. The Morgan fingerprint density at radius 1 is 1.30 bits per heavy atom. The highest BCUT2D eigenvalue weighted by Gasteiger charge is 2.18. The fourth-order valence-corrected chi connectivity index (χ4v) is 2.47. The van der Waals surface area contributed by atoms with Crippen LogP contribution >= 0.6 is 0 Å². The van der Waals surface area contributed by atoms with Crippen molar-refractivity contribution in [2.24, 2.45) is 0 Å². The van der Waals surface area contributed by atoms with E-state index in [1.54, 1.807) is 10.7 Å². The summed E-state index contributed by atoms with van der Waals surface area (Å²) in [5, 5.41) is 6.92. The number of hydrogen-bond acceptors (Lipinski definition) is 3. The van der Waals surface area contributed by atoms with E-state index in [4.69, 9.17) is 0 Å². The summed E-state index contributed by atoms with van der Waals surface area (Å²) in [7, 11) is 0. The third-order valence-corrected chi connectivity index (χ3v) is 3.54. The van der Waals surface area contributed by atoms with Crippen LogP contribution in [0.1, 0.15) is 42.4 Å². The largest absolute Gasteiger partial charge is 0.342 e. The topological polar surface area (TPSA) is 67.2 Å². The summed E-state index contributed by atoms with van der Waals surface area (Å²) in [6.45, 7) is 6.09. The Kier molecular flexibility index (Phi) is 4.76.